The van der Waals surface area contributed by atoms with Gasteiger partial charge in [0.15, 0.2) is 0 Å². The van der Waals surface area contributed by atoms with Gasteiger partial charge in [0.25, 0.3) is 0 Å². The maximum absolute atomic E-state index is 12.3. The summed E-state index contributed by atoms with van der Waals surface area (Å²) in [5.74, 6) is 0. The Balaban J connectivity index is 2.55. The van der Waals surface area contributed by atoms with Gasteiger partial charge in [-0.3, -0.25) is 0 Å². The van der Waals surface area contributed by atoms with E-state index < -0.39 is 11.7 Å². The predicted octanol–water partition coefficient (Wildman–Crippen LogP) is 3.37. The van der Waals surface area contributed by atoms with E-state index in [1.54, 1.807) is 0 Å². The van der Waals surface area contributed by atoms with Crippen molar-refractivity contribution in [2.75, 3.05) is 6.54 Å². The molecule has 0 heterocycles. The highest BCUT2D eigenvalue weighted by atomic mass is 19.4. The van der Waals surface area contributed by atoms with Crippen molar-refractivity contribution >= 4 is 0 Å². The molecule has 1 nitrogen and oxygen atoms in total. The average molecular weight is 229 g/mol. The van der Waals surface area contributed by atoms with E-state index in [1.165, 1.54) is 12.1 Å². The molecule has 88 valence electrons. The first-order chi connectivity index (χ1) is 7.39. The van der Waals surface area contributed by atoms with Gasteiger partial charge in [0.05, 0.1) is 5.56 Å². The van der Waals surface area contributed by atoms with Crippen molar-refractivity contribution in [3.63, 3.8) is 0 Å². The van der Waals surface area contributed by atoms with Gasteiger partial charge >= 0.3 is 6.18 Å². The maximum atomic E-state index is 12.3. The highest BCUT2D eigenvalue weighted by molar-refractivity contribution is 5.24. The molecule has 0 saturated heterocycles. The van der Waals surface area contributed by atoms with Gasteiger partial charge in [0.1, 0.15) is 0 Å². The Labute approximate surface area is 93.0 Å². The molecular weight excluding hydrogens is 215 g/mol. The second kappa shape index (κ2) is 5.16. The first-order valence-corrected chi connectivity index (χ1v) is 4.91. The van der Waals surface area contributed by atoms with Crippen LogP contribution in [-0.2, 0) is 12.7 Å². The van der Waals surface area contributed by atoms with Crippen LogP contribution in [0.25, 0.3) is 0 Å². The van der Waals surface area contributed by atoms with E-state index in [0.29, 0.717) is 13.1 Å². The largest absolute Gasteiger partial charge is 0.416 e. The van der Waals surface area contributed by atoms with Crippen LogP contribution >= 0.6 is 0 Å². The predicted molar refractivity (Wildman–Crippen MR) is 58.0 cm³/mol. The zero-order valence-electron chi connectivity index (χ0n) is 9.06. The number of nitrogens with one attached hydrogen (secondary N) is 1. The van der Waals surface area contributed by atoms with Crippen LogP contribution in [0.4, 0.5) is 13.2 Å². The van der Waals surface area contributed by atoms with Crippen LogP contribution in [0.2, 0.25) is 0 Å². The summed E-state index contributed by atoms with van der Waals surface area (Å²) in [6.45, 7) is 6.82. The summed E-state index contributed by atoms with van der Waals surface area (Å²) in [5, 5.41) is 3.08. The van der Waals surface area contributed by atoms with E-state index >= 15 is 0 Å². The van der Waals surface area contributed by atoms with Gasteiger partial charge in [-0.25, -0.2) is 0 Å². The lowest BCUT2D eigenvalue weighted by molar-refractivity contribution is -0.137. The summed E-state index contributed by atoms with van der Waals surface area (Å²) in [6.07, 6.45) is -4.26. The maximum Gasteiger partial charge on any atom is 0.416 e. The smallest absolute Gasteiger partial charge is 0.309 e. The lowest BCUT2D eigenvalue weighted by Crippen LogP contribution is -2.15. The lowest BCUT2D eigenvalue weighted by atomic mass is 10.1. The minimum absolute atomic E-state index is 0.547. The third kappa shape index (κ3) is 4.06. The highest BCUT2D eigenvalue weighted by Crippen LogP contribution is 2.28. The molecule has 16 heavy (non-hydrogen) atoms. The van der Waals surface area contributed by atoms with Crippen molar-refractivity contribution in [2.45, 2.75) is 19.6 Å². The summed E-state index contributed by atoms with van der Waals surface area (Å²) >= 11 is 0. The summed E-state index contributed by atoms with van der Waals surface area (Å²) in [4.78, 5) is 0. The van der Waals surface area contributed by atoms with Crippen LogP contribution < -0.4 is 5.32 Å². The van der Waals surface area contributed by atoms with Crippen LogP contribution in [0, 0.1) is 0 Å². The van der Waals surface area contributed by atoms with Crippen molar-refractivity contribution < 1.29 is 13.2 Å². The highest BCUT2D eigenvalue weighted by Gasteiger charge is 2.29. The fraction of sp³-hybridized carbons (Fsp3) is 0.333. The Morgan fingerprint density at radius 2 is 1.81 bits per heavy atom. The zero-order chi connectivity index (χ0) is 12.2. The zero-order valence-corrected chi connectivity index (χ0v) is 9.06. The number of benzene rings is 1. The Bertz CT molecular complexity index is 352. The molecule has 0 unspecified atom stereocenters. The van der Waals surface area contributed by atoms with Gasteiger partial charge in [-0.1, -0.05) is 24.3 Å². The molecule has 0 aliphatic carbocycles. The summed E-state index contributed by atoms with van der Waals surface area (Å²) in [5.41, 5.74) is 1.21. The standard InChI is InChI=1S/C12H14F3N/c1-9(2)7-16-8-10-3-5-11(6-4-10)12(13,14)15/h3-6,16H,1,7-8H2,2H3. The van der Waals surface area contributed by atoms with E-state index in [9.17, 15) is 13.2 Å². The second-order valence-corrected chi connectivity index (χ2v) is 3.76. The summed E-state index contributed by atoms with van der Waals surface area (Å²) in [6, 6.07) is 5.15. The van der Waals surface area contributed by atoms with Gasteiger partial charge in [0.2, 0.25) is 0 Å². The molecule has 1 aromatic carbocycles. The lowest BCUT2D eigenvalue weighted by Gasteiger charge is -2.08. The van der Waals surface area contributed by atoms with Crippen LogP contribution in [-0.4, -0.2) is 6.54 Å². The molecule has 0 spiro atoms. The monoisotopic (exact) mass is 229 g/mol. The number of rotatable bonds is 4. The van der Waals surface area contributed by atoms with Crippen LogP contribution in [0.3, 0.4) is 0 Å². The van der Waals surface area contributed by atoms with E-state index in [0.717, 1.165) is 23.3 Å². The Morgan fingerprint density at radius 3 is 2.25 bits per heavy atom. The SMILES string of the molecule is C=C(C)CNCc1ccc(C(F)(F)F)cc1. The molecule has 0 radical (unpaired) electrons. The molecule has 1 N–H and O–H groups in total. The fourth-order valence-corrected chi connectivity index (χ4v) is 1.23. The molecule has 4 heteroatoms. The Kier molecular flexibility index (Phi) is 4.12. The third-order valence-electron chi connectivity index (χ3n) is 2.04. The molecule has 1 rings (SSSR count). The average Bonchev–Trinajstić information content (AvgIpc) is 2.16. The van der Waals surface area contributed by atoms with E-state index in [2.05, 4.69) is 11.9 Å². The normalized spacial score (nSPS) is 11.5. The van der Waals surface area contributed by atoms with Crippen molar-refractivity contribution in [3.05, 3.63) is 47.5 Å². The van der Waals surface area contributed by atoms with Crippen molar-refractivity contribution in [3.8, 4) is 0 Å². The summed E-state index contributed by atoms with van der Waals surface area (Å²) < 4.78 is 36.8. The minimum atomic E-state index is -4.26. The number of alkyl halides is 3. The van der Waals surface area contributed by atoms with Crippen molar-refractivity contribution in [2.24, 2.45) is 0 Å². The first-order valence-electron chi connectivity index (χ1n) is 4.91. The molecule has 0 aliphatic rings. The van der Waals surface area contributed by atoms with E-state index in [4.69, 9.17) is 0 Å². The molecule has 0 bridgehead atoms. The third-order valence-corrected chi connectivity index (χ3v) is 2.04. The van der Waals surface area contributed by atoms with Crippen LogP contribution in [0.15, 0.2) is 36.4 Å². The second-order valence-electron chi connectivity index (χ2n) is 3.76. The molecule has 0 aromatic heterocycles. The summed E-state index contributed by atoms with van der Waals surface area (Å²) in [7, 11) is 0. The van der Waals surface area contributed by atoms with Crippen LogP contribution in [0.1, 0.15) is 18.1 Å². The van der Waals surface area contributed by atoms with Gasteiger partial charge in [-0.05, 0) is 24.6 Å². The van der Waals surface area contributed by atoms with Crippen molar-refractivity contribution in [1.29, 1.82) is 0 Å². The molecular formula is C12H14F3N. The van der Waals surface area contributed by atoms with Gasteiger partial charge < -0.3 is 5.32 Å². The van der Waals surface area contributed by atoms with Gasteiger partial charge in [-0.15, -0.1) is 0 Å². The molecule has 0 atom stereocenters. The number of hydrogen-bond donors (Lipinski definition) is 1. The molecule has 1 aromatic rings. The molecule has 0 saturated carbocycles. The number of hydrogen-bond acceptors (Lipinski definition) is 1. The van der Waals surface area contributed by atoms with Crippen molar-refractivity contribution in [1.82, 2.24) is 5.32 Å². The Hall–Kier alpha value is -1.29. The van der Waals surface area contributed by atoms with E-state index in [1.807, 2.05) is 6.92 Å². The molecule has 0 amide bonds. The van der Waals surface area contributed by atoms with Crippen LogP contribution in [0.5, 0.6) is 0 Å². The van der Waals surface area contributed by atoms with Gasteiger partial charge in [-0.2, -0.15) is 13.2 Å². The van der Waals surface area contributed by atoms with Gasteiger partial charge in [0, 0.05) is 13.1 Å². The van der Waals surface area contributed by atoms with E-state index in [-0.39, 0.29) is 0 Å². The molecule has 0 fully saturated rings. The number of halogens is 3. The fourth-order valence-electron chi connectivity index (χ4n) is 1.23. The molecule has 0 aliphatic heterocycles. The quantitative estimate of drug-likeness (QED) is 0.780. The topological polar surface area (TPSA) is 12.0 Å². The Morgan fingerprint density at radius 1 is 1.25 bits per heavy atom. The first kappa shape index (κ1) is 12.8. The minimum Gasteiger partial charge on any atom is -0.309 e.